The van der Waals surface area contributed by atoms with Crippen LogP contribution in [0.3, 0.4) is 0 Å². The molecule has 2 rings (SSSR count). The van der Waals surface area contributed by atoms with Crippen LogP contribution in [0.15, 0.2) is 46.8 Å². The second kappa shape index (κ2) is 9.01. The Bertz CT molecular complexity index is 895. The Hall–Kier alpha value is -2.68. The zero-order valence-corrected chi connectivity index (χ0v) is 17.0. The molecular weight excluding hydrogens is 382 g/mol. The van der Waals surface area contributed by atoms with E-state index in [2.05, 4.69) is 21.6 Å². The van der Waals surface area contributed by atoms with E-state index in [9.17, 15) is 18.0 Å². The number of aliphatic imine (C=N–C) groups is 1. The third-order valence-corrected chi connectivity index (χ3v) is 5.84. The molecular formula is C19H25N3O5S. The molecule has 0 saturated carbocycles. The summed E-state index contributed by atoms with van der Waals surface area (Å²) in [5, 5.41) is 2.55. The lowest BCUT2D eigenvalue weighted by molar-refractivity contribution is -0.156. The van der Waals surface area contributed by atoms with Gasteiger partial charge in [-0.1, -0.05) is 38.5 Å². The highest BCUT2D eigenvalue weighted by Crippen LogP contribution is 2.24. The molecule has 1 heterocycles. The fraction of sp³-hybridized carbons (Fsp3) is 0.421. The summed E-state index contributed by atoms with van der Waals surface area (Å²) >= 11 is 0. The van der Waals surface area contributed by atoms with Crippen molar-refractivity contribution in [3.05, 3.63) is 42.5 Å². The van der Waals surface area contributed by atoms with Crippen LogP contribution in [0.5, 0.6) is 0 Å². The van der Waals surface area contributed by atoms with Crippen LogP contribution in [-0.2, 0) is 24.3 Å². The standard InChI is InChI=1S/C19H25N3O5S/c1-5-11-20-18(23)13(4)27-19(24)16(12(3)6-2)21-17-14-9-7-8-10-15(14)28(25,26)22-17/h5,7-10,12-13,16H,1,6,11H2,2-4H3,(H,20,23)(H,21,22)/t12-,13+,16-/m0/s1. The van der Waals surface area contributed by atoms with Crippen molar-refractivity contribution < 1.29 is 22.7 Å². The van der Waals surface area contributed by atoms with E-state index < -0.39 is 34.0 Å². The number of amides is 1. The maximum atomic E-state index is 12.7. The Balaban J connectivity index is 2.28. The topological polar surface area (TPSA) is 114 Å². The largest absolute Gasteiger partial charge is 0.451 e. The molecule has 1 amide bonds. The van der Waals surface area contributed by atoms with Crippen LogP contribution in [0.4, 0.5) is 0 Å². The molecule has 0 fully saturated rings. The van der Waals surface area contributed by atoms with Gasteiger partial charge in [-0.3, -0.25) is 14.5 Å². The SMILES string of the molecule is C=CCNC(=O)[C@@H](C)OC(=O)[C@@H](N=C1NS(=O)(=O)c2ccccc21)[C@@H](C)CC. The highest BCUT2D eigenvalue weighted by Gasteiger charge is 2.34. The van der Waals surface area contributed by atoms with Crippen LogP contribution in [0, 0.1) is 5.92 Å². The predicted octanol–water partition coefficient (Wildman–Crippen LogP) is 1.37. The number of ether oxygens (including phenoxy) is 1. The molecule has 0 unspecified atom stereocenters. The quantitative estimate of drug-likeness (QED) is 0.499. The summed E-state index contributed by atoms with van der Waals surface area (Å²) in [6, 6.07) is 5.45. The van der Waals surface area contributed by atoms with Gasteiger partial charge >= 0.3 is 5.97 Å². The molecule has 0 aromatic heterocycles. The maximum absolute atomic E-state index is 12.7. The van der Waals surface area contributed by atoms with Crippen molar-refractivity contribution in [2.24, 2.45) is 10.9 Å². The Morgan fingerprint density at radius 1 is 1.32 bits per heavy atom. The zero-order valence-electron chi connectivity index (χ0n) is 16.1. The summed E-state index contributed by atoms with van der Waals surface area (Å²) < 4.78 is 32.2. The van der Waals surface area contributed by atoms with Gasteiger partial charge in [0.15, 0.2) is 12.1 Å². The number of rotatable bonds is 8. The van der Waals surface area contributed by atoms with Crippen LogP contribution in [-0.4, -0.2) is 44.8 Å². The summed E-state index contributed by atoms with van der Waals surface area (Å²) in [7, 11) is -3.71. The first-order valence-corrected chi connectivity index (χ1v) is 10.5. The number of esters is 1. The summed E-state index contributed by atoms with van der Waals surface area (Å²) in [6.07, 6.45) is 1.12. The Morgan fingerprint density at radius 3 is 2.64 bits per heavy atom. The average Bonchev–Trinajstić information content (AvgIpc) is 2.93. The zero-order chi connectivity index (χ0) is 20.9. The van der Waals surface area contributed by atoms with Gasteiger partial charge in [-0.05, 0) is 25.0 Å². The molecule has 28 heavy (non-hydrogen) atoms. The van der Waals surface area contributed by atoms with Crippen LogP contribution >= 0.6 is 0 Å². The van der Waals surface area contributed by atoms with Crippen molar-refractivity contribution in [3.8, 4) is 0 Å². The molecule has 3 atom stereocenters. The Labute approximate surface area is 165 Å². The van der Waals surface area contributed by atoms with Gasteiger partial charge in [0.1, 0.15) is 5.84 Å². The van der Waals surface area contributed by atoms with Gasteiger partial charge < -0.3 is 10.1 Å². The minimum absolute atomic E-state index is 0.0987. The van der Waals surface area contributed by atoms with Gasteiger partial charge in [0.05, 0.1) is 4.90 Å². The minimum Gasteiger partial charge on any atom is -0.451 e. The molecule has 1 aliphatic rings. The fourth-order valence-corrected chi connectivity index (χ4v) is 3.86. The minimum atomic E-state index is -3.71. The number of fused-ring (bicyclic) bond motifs is 1. The van der Waals surface area contributed by atoms with Gasteiger partial charge in [-0.15, -0.1) is 6.58 Å². The Morgan fingerprint density at radius 2 is 2.00 bits per heavy atom. The number of sulfonamides is 1. The molecule has 0 radical (unpaired) electrons. The molecule has 1 aromatic rings. The molecule has 0 bridgehead atoms. The van der Waals surface area contributed by atoms with Crippen molar-refractivity contribution in [1.29, 1.82) is 0 Å². The number of hydrogen-bond donors (Lipinski definition) is 2. The third-order valence-electron chi connectivity index (χ3n) is 4.44. The maximum Gasteiger partial charge on any atom is 0.332 e. The van der Waals surface area contributed by atoms with Crippen molar-refractivity contribution in [2.45, 2.75) is 44.2 Å². The van der Waals surface area contributed by atoms with E-state index in [4.69, 9.17) is 4.74 Å². The van der Waals surface area contributed by atoms with Gasteiger partial charge in [0.25, 0.3) is 15.9 Å². The normalized spacial score (nSPS) is 19.0. The van der Waals surface area contributed by atoms with Crippen LogP contribution in [0.2, 0.25) is 0 Å². The molecule has 0 saturated heterocycles. The van der Waals surface area contributed by atoms with Crippen molar-refractivity contribution >= 4 is 27.7 Å². The van der Waals surface area contributed by atoms with Crippen molar-refractivity contribution in [1.82, 2.24) is 10.0 Å². The summed E-state index contributed by atoms with van der Waals surface area (Å²) in [6.45, 7) is 8.93. The van der Waals surface area contributed by atoms with Crippen LogP contribution in [0.25, 0.3) is 0 Å². The lowest BCUT2D eigenvalue weighted by Gasteiger charge is -2.21. The Kier molecular flexibility index (Phi) is 6.95. The first-order valence-electron chi connectivity index (χ1n) is 9.00. The second-order valence-corrected chi connectivity index (χ2v) is 8.17. The number of nitrogens with zero attached hydrogens (tertiary/aromatic N) is 1. The van der Waals surface area contributed by atoms with Gasteiger partial charge in [0.2, 0.25) is 0 Å². The number of carbonyl (C=O) groups is 2. The molecule has 8 nitrogen and oxygen atoms in total. The van der Waals surface area contributed by atoms with E-state index in [1.54, 1.807) is 18.2 Å². The highest BCUT2D eigenvalue weighted by molar-refractivity contribution is 7.90. The number of amidine groups is 1. The third kappa shape index (κ3) is 4.78. The van der Waals surface area contributed by atoms with E-state index in [1.165, 1.54) is 19.1 Å². The van der Waals surface area contributed by atoms with E-state index >= 15 is 0 Å². The van der Waals surface area contributed by atoms with Crippen molar-refractivity contribution in [3.63, 3.8) is 0 Å². The monoisotopic (exact) mass is 407 g/mol. The first kappa shape index (κ1) is 21.6. The predicted molar refractivity (Wildman–Crippen MR) is 105 cm³/mol. The second-order valence-electron chi connectivity index (χ2n) is 6.52. The van der Waals surface area contributed by atoms with Crippen LogP contribution in [0.1, 0.15) is 32.8 Å². The number of carbonyl (C=O) groups excluding carboxylic acids is 2. The van der Waals surface area contributed by atoms with Crippen molar-refractivity contribution in [2.75, 3.05) is 6.54 Å². The smallest absolute Gasteiger partial charge is 0.332 e. The van der Waals surface area contributed by atoms with Gasteiger partial charge in [0, 0.05) is 12.1 Å². The average molecular weight is 407 g/mol. The number of nitrogens with one attached hydrogen (secondary N) is 2. The van der Waals surface area contributed by atoms with Gasteiger partial charge in [-0.25, -0.2) is 13.2 Å². The lowest BCUT2D eigenvalue weighted by Crippen LogP contribution is -2.40. The molecule has 2 N–H and O–H groups in total. The lowest BCUT2D eigenvalue weighted by atomic mass is 9.99. The summed E-state index contributed by atoms with van der Waals surface area (Å²) in [5.74, 6) is -1.26. The van der Waals surface area contributed by atoms with Crippen LogP contribution < -0.4 is 10.0 Å². The van der Waals surface area contributed by atoms with E-state index in [0.29, 0.717) is 12.0 Å². The fourth-order valence-electron chi connectivity index (χ4n) is 2.62. The highest BCUT2D eigenvalue weighted by atomic mass is 32.2. The molecule has 1 aliphatic heterocycles. The molecule has 1 aromatic carbocycles. The van der Waals surface area contributed by atoms with E-state index in [-0.39, 0.29) is 23.2 Å². The first-order chi connectivity index (χ1) is 13.2. The van der Waals surface area contributed by atoms with Gasteiger partial charge in [-0.2, -0.15) is 0 Å². The number of benzene rings is 1. The molecule has 0 aliphatic carbocycles. The number of hydrogen-bond acceptors (Lipinski definition) is 6. The molecule has 9 heteroatoms. The van der Waals surface area contributed by atoms with E-state index in [1.807, 2.05) is 13.8 Å². The summed E-state index contributed by atoms with van der Waals surface area (Å²) in [5.41, 5.74) is 0.403. The molecule has 152 valence electrons. The van der Waals surface area contributed by atoms with E-state index in [0.717, 1.165) is 0 Å². The summed E-state index contributed by atoms with van der Waals surface area (Å²) in [4.78, 5) is 29.1. The molecule has 0 spiro atoms.